The van der Waals surface area contributed by atoms with Gasteiger partial charge in [0.2, 0.25) is 0 Å². The van der Waals surface area contributed by atoms with Crippen molar-refractivity contribution in [2.45, 2.75) is 6.42 Å². The van der Waals surface area contributed by atoms with Crippen molar-refractivity contribution in [1.82, 2.24) is 4.90 Å². The molecule has 0 fully saturated rings. The van der Waals surface area contributed by atoms with E-state index in [1.165, 1.54) is 0 Å². The van der Waals surface area contributed by atoms with E-state index in [0.717, 1.165) is 16.9 Å². The first kappa shape index (κ1) is 16.9. The Hall–Kier alpha value is -2.99. The average molecular weight is 339 g/mol. The molecule has 1 heterocycles. The molecule has 0 aliphatic carbocycles. The van der Waals surface area contributed by atoms with E-state index in [-0.39, 0.29) is 0 Å². The Morgan fingerprint density at radius 2 is 1.56 bits per heavy atom. The number of hydrogen-bond acceptors (Lipinski definition) is 5. The highest BCUT2D eigenvalue weighted by Crippen LogP contribution is 2.22. The van der Waals surface area contributed by atoms with Crippen molar-refractivity contribution in [3.63, 3.8) is 0 Å². The van der Waals surface area contributed by atoms with Gasteiger partial charge in [0.25, 0.3) is 11.8 Å². The monoisotopic (exact) mass is 339 g/mol. The van der Waals surface area contributed by atoms with Crippen LogP contribution in [0.5, 0.6) is 5.75 Å². The molecule has 25 heavy (non-hydrogen) atoms. The maximum atomic E-state index is 12.2. The van der Waals surface area contributed by atoms with Crippen LogP contribution in [0.3, 0.4) is 0 Å². The molecule has 2 amide bonds. The lowest BCUT2D eigenvalue weighted by molar-refractivity contribution is -0.134. The summed E-state index contributed by atoms with van der Waals surface area (Å²) in [4.78, 5) is 37.4. The second-order valence-corrected chi connectivity index (χ2v) is 5.60. The number of carbonyl (C=O) groups excluding carboxylic acids is 3. The van der Waals surface area contributed by atoms with Crippen LogP contribution in [-0.4, -0.2) is 42.9 Å². The molecule has 2 aromatic carbocycles. The molecule has 0 spiro atoms. The van der Waals surface area contributed by atoms with Crippen LogP contribution in [0.4, 0.5) is 0 Å². The Morgan fingerprint density at radius 1 is 0.960 bits per heavy atom. The molecule has 128 valence electrons. The number of hydrogen-bond donors (Lipinski definition) is 0. The van der Waals surface area contributed by atoms with Crippen molar-refractivity contribution in [1.29, 1.82) is 0 Å². The number of amides is 2. The largest absolute Gasteiger partial charge is 0.425 e. The van der Waals surface area contributed by atoms with Crippen molar-refractivity contribution in [2.75, 3.05) is 20.3 Å². The molecule has 1 aliphatic rings. The molecule has 0 saturated heterocycles. The summed E-state index contributed by atoms with van der Waals surface area (Å²) >= 11 is 0. The van der Waals surface area contributed by atoms with E-state index in [1.54, 1.807) is 43.5 Å². The molecule has 0 unspecified atom stereocenters. The number of ether oxygens (including phenoxy) is 2. The third-order valence-corrected chi connectivity index (χ3v) is 3.92. The number of nitrogens with zero attached hydrogens (tertiary/aromatic N) is 1. The Balaban J connectivity index is 1.62. The summed E-state index contributed by atoms with van der Waals surface area (Å²) < 4.78 is 10.2. The number of benzene rings is 2. The van der Waals surface area contributed by atoms with Gasteiger partial charge in [0.05, 0.1) is 17.7 Å². The van der Waals surface area contributed by atoms with Crippen LogP contribution in [0.25, 0.3) is 0 Å². The van der Waals surface area contributed by atoms with E-state index in [0.29, 0.717) is 23.5 Å². The smallest absolute Gasteiger partial charge is 0.331 e. The summed E-state index contributed by atoms with van der Waals surface area (Å²) in [6.45, 7) is 0.191. The molecule has 0 atom stereocenters. The zero-order chi connectivity index (χ0) is 17.8. The first-order valence-corrected chi connectivity index (χ1v) is 7.84. The van der Waals surface area contributed by atoms with Gasteiger partial charge in [0.1, 0.15) is 12.3 Å². The summed E-state index contributed by atoms with van der Waals surface area (Å²) in [5.41, 5.74) is 1.67. The Labute approximate surface area is 145 Å². The van der Waals surface area contributed by atoms with Crippen molar-refractivity contribution < 1.29 is 23.9 Å². The topological polar surface area (TPSA) is 72.9 Å². The minimum atomic E-state index is -0.667. The Bertz CT molecular complexity index is 778. The average Bonchev–Trinajstić information content (AvgIpc) is 2.86. The molecule has 0 radical (unpaired) electrons. The summed E-state index contributed by atoms with van der Waals surface area (Å²) in [5.74, 6) is -1.26. The van der Waals surface area contributed by atoms with Crippen LogP contribution in [0.2, 0.25) is 0 Å². The Morgan fingerprint density at radius 3 is 2.12 bits per heavy atom. The number of imide groups is 1. The van der Waals surface area contributed by atoms with Gasteiger partial charge >= 0.3 is 5.97 Å². The highest BCUT2D eigenvalue weighted by Gasteiger charge is 2.36. The molecule has 6 nitrogen and oxygen atoms in total. The van der Waals surface area contributed by atoms with Gasteiger partial charge in [-0.25, -0.2) is 4.79 Å². The van der Waals surface area contributed by atoms with Crippen molar-refractivity contribution in [3.05, 3.63) is 65.2 Å². The van der Waals surface area contributed by atoms with Gasteiger partial charge in [-0.3, -0.25) is 14.5 Å². The van der Waals surface area contributed by atoms with E-state index in [2.05, 4.69) is 0 Å². The SMILES string of the molecule is COCCc1ccc(OC(=O)CN2C(=O)c3ccccc3C2=O)cc1. The zero-order valence-electron chi connectivity index (χ0n) is 13.7. The van der Waals surface area contributed by atoms with Gasteiger partial charge in [-0.2, -0.15) is 0 Å². The molecule has 0 saturated carbocycles. The summed E-state index contributed by atoms with van der Waals surface area (Å²) in [5, 5.41) is 0. The second kappa shape index (κ2) is 7.27. The van der Waals surface area contributed by atoms with Gasteiger partial charge < -0.3 is 9.47 Å². The van der Waals surface area contributed by atoms with Crippen LogP contribution in [-0.2, 0) is 16.0 Å². The molecular weight excluding hydrogens is 322 g/mol. The van der Waals surface area contributed by atoms with E-state index in [4.69, 9.17) is 9.47 Å². The quantitative estimate of drug-likeness (QED) is 0.458. The van der Waals surface area contributed by atoms with Crippen molar-refractivity contribution in [3.8, 4) is 5.75 Å². The molecule has 0 N–H and O–H groups in total. The van der Waals surface area contributed by atoms with Crippen LogP contribution < -0.4 is 4.74 Å². The second-order valence-electron chi connectivity index (χ2n) is 5.60. The minimum absolute atomic E-state index is 0.308. The van der Waals surface area contributed by atoms with Gasteiger partial charge in [-0.05, 0) is 36.2 Å². The van der Waals surface area contributed by atoms with Gasteiger partial charge in [0.15, 0.2) is 0 Å². The third kappa shape index (κ3) is 3.59. The summed E-state index contributed by atoms with van der Waals surface area (Å²) in [7, 11) is 1.63. The van der Waals surface area contributed by atoms with Gasteiger partial charge in [-0.15, -0.1) is 0 Å². The number of rotatable bonds is 6. The fourth-order valence-corrected chi connectivity index (χ4v) is 2.62. The maximum Gasteiger partial charge on any atom is 0.331 e. The van der Waals surface area contributed by atoms with Gasteiger partial charge in [-0.1, -0.05) is 24.3 Å². The molecule has 0 aromatic heterocycles. The number of carbonyl (C=O) groups is 3. The standard InChI is InChI=1S/C19H17NO5/c1-24-11-10-13-6-8-14(9-7-13)25-17(21)12-20-18(22)15-4-2-3-5-16(15)19(20)23/h2-9H,10-12H2,1H3. The molecule has 3 rings (SSSR count). The predicted octanol–water partition coefficient (Wildman–Crippen LogP) is 2.08. The van der Waals surface area contributed by atoms with Crippen LogP contribution in [0.1, 0.15) is 26.3 Å². The number of fused-ring (bicyclic) bond motifs is 1. The minimum Gasteiger partial charge on any atom is -0.425 e. The predicted molar refractivity (Wildman–Crippen MR) is 89.5 cm³/mol. The molecule has 2 aromatic rings. The maximum absolute atomic E-state index is 12.2. The van der Waals surface area contributed by atoms with E-state index in [9.17, 15) is 14.4 Å². The molecular formula is C19H17NO5. The lowest BCUT2D eigenvalue weighted by atomic mass is 10.1. The number of methoxy groups -OCH3 is 1. The lowest BCUT2D eigenvalue weighted by Gasteiger charge is -2.13. The highest BCUT2D eigenvalue weighted by molar-refractivity contribution is 6.22. The molecule has 0 bridgehead atoms. The first-order valence-electron chi connectivity index (χ1n) is 7.84. The third-order valence-electron chi connectivity index (χ3n) is 3.92. The summed E-state index contributed by atoms with van der Waals surface area (Å²) in [6, 6.07) is 13.5. The van der Waals surface area contributed by atoms with Crippen molar-refractivity contribution >= 4 is 17.8 Å². The lowest BCUT2D eigenvalue weighted by Crippen LogP contribution is -2.36. The van der Waals surface area contributed by atoms with Crippen LogP contribution in [0.15, 0.2) is 48.5 Å². The number of esters is 1. The van der Waals surface area contributed by atoms with Crippen molar-refractivity contribution in [2.24, 2.45) is 0 Å². The van der Waals surface area contributed by atoms with Crippen LogP contribution >= 0.6 is 0 Å². The fraction of sp³-hybridized carbons (Fsp3) is 0.211. The normalized spacial score (nSPS) is 13.1. The van der Waals surface area contributed by atoms with E-state index < -0.39 is 24.3 Å². The van der Waals surface area contributed by atoms with E-state index in [1.807, 2.05) is 12.1 Å². The van der Waals surface area contributed by atoms with Crippen LogP contribution in [0, 0.1) is 0 Å². The summed E-state index contributed by atoms with van der Waals surface area (Å²) in [6.07, 6.45) is 0.764. The Kier molecular flexibility index (Phi) is 4.90. The first-order chi connectivity index (χ1) is 12.1. The molecule has 6 heteroatoms. The zero-order valence-corrected chi connectivity index (χ0v) is 13.7. The van der Waals surface area contributed by atoms with Gasteiger partial charge in [0, 0.05) is 7.11 Å². The van der Waals surface area contributed by atoms with E-state index >= 15 is 0 Å². The highest BCUT2D eigenvalue weighted by atomic mass is 16.5. The molecule has 1 aliphatic heterocycles. The fourth-order valence-electron chi connectivity index (χ4n) is 2.62.